The van der Waals surface area contributed by atoms with Crippen molar-refractivity contribution < 1.29 is 9.90 Å². The van der Waals surface area contributed by atoms with Crippen molar-refractivity contribution in [2.24, 2.45) is 35.0 Å². The Morgan fingerprint density at radius 2 is 2.09 bits per heavy atom. The predicted octanol–water partition coefficient (Wildman–Crippen LogP) is 3.92. The van der Waals surface area contributed by atoms with Crippen LogP contribution in [0.5, 0.6) is 0 Å². The van der Waals surface area contributed by atoms with Crippen molar-refractivity contribution >= 4 is 5.78 Å². The number of fused-ring (bicyclic) bond motifs is 5. The normalized spacial score (nSPS) is 42.9. The molecule has 0 spiro atoms. The molecule has 0 aromatic rings. The first kappa shape index (κ1) is 15.7. The summed E-state index contributed by atoms with van der Waals surface area (Å²) in [6, 6.07) is 0. The molecule has 2 heteroatoms. The summed E-state index contributed by atoms with van der Waals surface area (Å²) >= 11 is 0. The fourth-order valence-electron chi connectivity index (χ4n) is 5.39. The van der Waals surface area contributed by atoms with E-state index in [0.29, 0.717) is 30.0 Å². The Morgan fingerprint density at radius 1 is 1.36 bits per heavy atom. The van der Waals surface area contributed by atoms with Gasteiger partial charge in [-0.25, -0.2) is 0 Å². The highest BCUT2D eigenvalue weighted by molar-refractivity contribution is 5.86. The molecule has 2 saturated carbocycles. The monoisotopic (exact) mass is 300 g/mol. The van der Waals surface area contributed by atoms with Gasteiger partial charge in [-0.2, -0.15) is 0 Å². The molecule has 2 nitrogen and oxygen atoms in total. The molecule has 0 aromatic carbocycles. The van der Waals surface area contributed by atoms with Gasteiger partial charge in [0.2, 0.25) is 0 Å². The van der Waals surface area contributed by atoms with E-state index in [1.54, 1.807) is 0 Å². The van der Waals surface area contributed by atoms with Crippen LogP contribution < -0.4 is 0 Å². The molecule has 1 N–H and O–H groups in total. The van der Waals surface area contributed by atoms with Crippen molar-refractivity contribution in [1.82, 2.24) is 0 Å². The molecule has 3 aliphatic rings. The van der Waals surface area contributed by atoms with E-state index in [-0.39, 0.29) is 23.9 Å². The zero-order chi connectivity index (χ0) is 16.1. The molecular formula is C20H28O2. The Morgan fingerprint density at radius 3 is 2.73 bits per heavy atom. The largest absolute Gasteiger partial charge is 0.395 e. The molecule has 0 heterocycles. The first-order valence-electron chi connectivity index (χ1n) is 8.55. The molecule has 0 aromatic heterocycles. The van der Waals surface area contributed by atoms with Crippen LogP contribution >= 0.6 is 0 Å². The summed E-state index contributed by atoms with van der Waals surface area (Å²) in [6.07, 6.45) is 10.6. The maximum atomic E-state index is 12.4. The standard InChI is InChI=1S/C20H28O2/c1-12(2)6-5-7-13(3)15-8-9-20(11-21)16-10-17(22)18(14(16)4)19(15)20/h6-9,14-16,18-19,21H,5,10-11H2,1-4H3/b13-7-/t14-,15+,16+,18+,19+,20+/m1/s1. The molecule has 6 atom stereocenters. The number of ketones is 1. The summed E-state index contributed by atoms with van der Waals surface area (Å²) in [7, 11) is 0. The third-order valence-corrected chi connectivity index (χ3v) is 6.46. The second-order valence-corrected chi connectivity index (χ2v) is 7.81. The summed E-state index contributed by atoms with van der Waals surface area (Å²) in [5, 5.41) is 10.1. The highest BCUT2D eigenvalue weighted by atomic mass is 16.3. The minimum Gasteiger partial charge on any atom is -0.395 e. The second kappa shape index (κ2) is 5.49. The van der Waals surface area contributed by atoms with Crippen LogP contribution in [0.4, 0.5) is 0 Å². The summed E-state index contributed by atoms with van der Waals surface area (Å²) in [5.74, 6) is 1.93. The molecule has 2 bridgehead atoms. The molecule has 120 valence electrons. The number of aliphatic hydroxyl groups excluding tert-OH is 1. The summed E-state index contributed by atoms with van der Waals surface area (Å²) in [5.41, 5.74) is 2.54. The minimum atomic E-state index is -0.145. The van der Waals surface area contributed by atoms with E-state index in [9.17, 15) is 9.90 Å². The Labute approximate surface area is 134 Å². The summed E-state index contributed by atoms with van der Waals surface area (Å²) in [4.78, 5) is 12.4. The Balaban J connectivity index is 1.89. The lowest BCUT2D eigenvalue weighted by Gasteiger charge is -2.39. The van der Waals surface area contributed by atoms with Gasteiger partial charge in [0.1, 0.15) is 5.78 Å². The topological polar surface area (TPSA) is 37.3 Å². The van der Waals surface area contributed by atoms with Gasteiger partial charge in [0.05, 0.1) is 6.61 Å². The summed E-state index contributed by atoms with van der Waals surface area (Å²) < 4.78 is 0. The fourth-order valence-corrected chi connectivity index (χ4v) is 5.39. The quantitative estimate of drug-likeness (QED) is 0.799. The van der Waals surface area contributed by atoms with Gasteiger partial charge in [0.15, 0.2) is 0 Å². The Bertz CT molecular complexity index is 564. The molecule has 0 saturated heterocycles. The van der Waals surface area contributed by atoms with E-state index in [4.69, 9.17) is 0 Å². The minimum absolute atomic E-state index is 0.143. The number of hydrogen-bond acceptors (Lipinski definition) is 2. The van der Waals surface area contributed by atoms with Crippen molar-refractivity contribution in [3.8, 4) is 0 Å². The number of carbonyl (C=O) groups excluding carboxylic acids is 1. The molecule has 2 fully saturated rings. The smallest absolute Gasteiger partial charge is 0.136 e. The number of Topliss-reactive ketones (excluding diaryl/α,β-unsaturated/α-hetero) is 1. The lowest BCUT2D eigenvalue weighted by molar-refractivity contribution is -0.126. The van der Waals surface area contributed by atoms with E-state index in [1.165, 1.54) is 11.1 Å². The average Bonchev–Trinajstić information content (AvgIpc) is 3.04. The lowest BCUT2D eigenvalue weighted by Crippen LogP contribution is -2.41. The van der Waals surface area contributed by atoms with Gasteiger partial charge in [0, 0.05) is 23.7 Å². The van der Waals surface area contributed by atoms with Crippen LogP contribution in [0, 0.1) is 35.0 Å². The Kier molecular flexibility index (Phi) is 3.92. The van der Waals surface area contributed by atoms with Crippen molar-refractivity contribution in [3.05, 3.63) is 35.5 Å². The van der Waals surface area contributed by atoms with E-state index in [2.05, 4.69) is 52.0 Å². The molecule has 0 radical (unpaired) electrons. The molecule has 0 unspecified atom stereocenters. The van der Waals surface area contributed by atoms with E-state index >= 15 is 0 Å². The van der Waals surface area contributed by atoms with E-state index in [0.717, 1.165) is 6.42 Å². The number of carbonyl (C=O) groups is 1. The van der Waals surface area contributed by atoms with Crippen LogP contribution in [-0.2, 0) is 4.79 Å². The van der Waals surface area contributed by atoms with Crippen molar-refractivity contribution in [2.75, 3.05) is 6.61 Å². The highest BCUT2D eigenvalue weighted by Gasteiger charge is 2.67. The first-order valence-corrected chi connectivity index (χ1v) is 8.55. The Hall–Kier alpha value is -1.15. The van der Waals surface area contributed by atoms with Crippen LogP contribution in [0.1, 0.15) is 40.5 Å². The zero-order valence-corrected chi connectivity index (χ0v) is 14.2. The average molecular weight is 300 g/mol. The first-order chi connectivity index (χ1) is 10.4. The van der Waals surface area contributed by atoms with Crippen molar-refractivity contribution in [2.45, 2.75) is 40.5 Å². The highest BCUT2D eigenvalue weighted by Crippen LogP contribution is 2.67. The SMILES string of the molecule is CC(C)=CC/C=C(/C)[C@@H]1C=C[C@@]2(CO)[C@@H]1[C@@H]1C(=O)C[C@H]2[C@H]1C. The lowest BCUT2D eigenvalue weighted by atomic mass is 9.65. The van der Waals surface area contributed by atoms with Gasteiger partial charge in [-0.1, -0.05) is 42.4 Å². The van der Waals surface area contributed by atoms with Gasteiger partial charge in [-0.3, -0.25) is 4.79 Å². The summed E-state index contributed by atoms with van der Waals surface area (Å²) in [6.45, 7) is 8.81. The van der Waals surface area contributed by atoms with E-state index in [1.807, 2.05) is 0 Å². The van der Waals surface area contributed by atoms with Crippen molar-refractivity contribution in [1.29, 1.82) is 0 Å². The number of hydrogen-bond donors (Lipinski definition) is 1. The predicted molar refractivity (Wildman–Crippen MR) is 89.2 cm³/mol. The van der Waals surface area contributed by atoms with Crippen LogP contribution in [0.3, 0.4) is 0 Å². The number of aliphatic hydroxyl groups is 1. The third-order valence-electron chi connectivity index (χ3n) is 6.46. The maximum absolute atomic E-state index is 12.4. The van der Waals surface area contributed by atoms with E-state index < -0.39 is 0 Å². The molecular weight excluding hydrogens is 272 g/mol. The van der Waals surface area contributed by atoms with Crippen LogP contribution in [-0.4, -0.2) is 17.5 Å². The van der Waals surface area contributed by atoms with Crippen LogP contribution in [0.15, 0.2) is 35.5 Å². The maximum Gasteiger partial charge on any atom is 0.136 e. The number of allylic oxidation sites excluding steroid dienone is 5. The third kappa shape index (κ3) is 2.07. The van der Waals surface area contributed by atoms with Gasteiger partial charge in [-0.15, -0.1) is 0 Å². The van der Waals surface area contributed by atoms with Gasteiger partial charge >= 0.3 is 0 Å². The van der Waals surface area contributed by atoms with Gasteiger partial charge in [0.25, 0.3) is 0 Å². The molecule has 0 aliphatic heterocycles. The zero-order valence-electron chi connectivity index (χ0n) is 14.2. The van der Waals surface area contributed by atoms with Crippen molar-refractivity contribution in [3.63, 3.8) is 0 Å². The van der Waals surface area contributed by atoms with Gasteiger partial charge in [-0.05, 0) is 44.9 Å². The molecule has 3 aliphatic carbocycles. The number of rotatable bonds is 4. The van der Waals surface area contributed by atoms with Crippen LogP contribution in [0.2, 0.25) is 0 Å². The van der Waals surface area contributed by atoms with Crippen LogP contribution in [0.25, 0.3) is 0 Å². The second-order valence-electron chi connectivity index (χ2n) is 7.81. The fraction of sp³-hybridized carbons (Fsp3) is 0.650. The molecule has 0 amide bonds. The van der Waals surface area contributed by atoms with Gasteiger partial charge < -0.3 is 5.11 Å². The molecule has 22 heavy (non-hydrogen) atoms. The molecule has 3 rings (SSSR count).